The van der Waals surface area contributed by atoms with Gasteiger partial charge in [0.2, 0.25) is 0 Å². The van der Waals surface area contributed by atoms with Gasteiger partial charge in [0, 0.05) is 26.2 Å². The van der Waals surface area contributed by atoms with Crippen LogP contribution in [-0.2, 0) is 17.8 Å². The number of nitrogens with two attached hydrogens (primary N) is 1. The van der Waals surface area contributed by atoms with Gasteiger partial charge in [0.25, 0.3) is 0 Å². The molecule has 0 aromatic heterocycles. The van der Waals surface area contributed by atoms with Gasteiger partial charge >= 0.3 is 0 Å². The van der Waals surface area contributed by atoms with Gasteiger partial charge in [-0.05, 0) is 43.0 Å². The van der Waals surface area contributed by atoms with Gasteiger partial charge in [-0.2, -0.15) is 0 Å². The summed E-state index contributed by atoms with van der Waals surface area (Å²) in [4.78, 5) is 2.47. The Morgan fingerprint density at radius 1 is 1.42 bits per heavy atom. The minimum absolute atomic E-state index is 0.434. The Labute approximate surface area is 116 Å². The average Bonchev–Trinajstić information content (AvgIpc) is 2.92. The number of rotatable bonds is 6. The minimum atomic E-state index is 0.434. The number of hydrogen-bond donors (Lipinski definition) is 1. The summed E-state index contributed by atoms with van der Waals surface area (Å²) in [6.07, 6.45) is 2.86. The highest BCUT2D eigenvalue weighted by atomic mass is 16.5. The van der Waals surface area contributed by atoms with E-state index in [0.29, 0.717) is 12.6 Å². The van der Waals surface area contributed by atoms with E-state index in [-0.39, 0.29) is 0 Å². The van der Waals surface area contributed by atoms with Crippen molar-refractivity contribution in [2.24, 2.45) is 5.73 Å². The second-order valence-electron chi connectivity index (χ2n) is 5.43. The van der Waals surface area contributed by atoms with Crippen LogP contribution in [0.25, 0.3) is 0 Å². The molecule has 0 amide bonds. The molecule has 2 N–H and O–H groups in total. The quantitative estimate of drug-likeness (QED) is 0.856. The van der Waals surface area contributed by atoms with Crippen molar-refractivity contribution in [3.63, 3.8) is 0 Å². The fourth-order valence-corrected chi connectivity index (χ4v) is 2.69. The molecular weight excluding hydrogens is 236 g/mol. The number of hydrogen-bond acceptors (Lipinski definition) is 3. The van der Waals surface area contributed by atoms with Gasteiger partial charge in [0.05, 0.1) is 6.10 Å². The number of benzene rings is 1. The minimum Gasteiger partial charge on any atom is -0.377 e. The highest BCUT2D eigenvalue weighted by Crippen LogP contribution is 2.17. The zero-order valence-electron chi connectivity index (χ0n) is 12.2. The molecule has 0 spiro atoms. The molecule has 3 nitrogen and oxygen atoms in total. The van der Waals surface area contributed by atoms with Crippen molar-refractivity contribution < 1.29 is 4.74 Å². The summed E-state index contributed by atoms with van der Waals surface area (Å²) >= 11 is 0. The summed E-state index contributed by atoms with van der Waals surface area (Å²) in [6.45, 7) is 9.08. The van der Waals surface area contributed by atoms with Crippen molar-refractivity contribution in [3.8, 4) is 0 Å². The lowest BCUT2D eigenvalue weighted by Crippen LogP contribution is -2.31. The average molecular weight is 262 g/mol. The predicted molar refractivity (Wildman–Crippen MR) is 79.0 cm³/mol. The first-order valence-corrected chi connectivity index (χ1v) is 7.35. The number of nitrogens with zero attached hydrogens (tertiary/aromatic N) is 1. The number of likely N-dealkylation sites (N-methyl/N-ethyl adjacent to an activating group) is 1. The van der Waals surface area contributed by atoms with Crippen LogP contribution >= 0.6 is 0 Å². The van der Waals surface area contributed by atoms with E-state index in [2.05, 4.69) is 36.9 Å². The Morgan fingerprint density at radius 3 is 2.84 bits per heavy atom. The maximum atomic E-state index is 5.73. The van der Waals surface area contributed by atoms with Crippen LogP contribution in [-0.4, -0.2) is 30.7 Å². The molecule has 0 aliphatic carbocycles. The third-order valence-electron chi connectivity index (χ3n) is 3.97. The normalized spacial score (nSPS) is 19.3. The number of aryl methyl sites for hydroxylation is 1. The summed E-state index contributed by atoms with van der Waals surface area (Å²) in [7, 11) is 0. The van der Waals surface area contributed by atoms with E-state index in [1.54, 1.807) is 0 Å². The fourth-order valence-electron chi connectivity index (χ4n) is 2.69. The molecule has 1 fully saturated rings. The molecular formula is C16H26N2O. The topological polar surface area (TPSA) is 38.5 Å². The van der Waals surface area contributed by atoms with Crippen molar-refractivity contribution in [2.75, 3.05) is 19.7 Å². The van der Waals surface area contributed by atoms with E-state index < -0.39 is 0 Å². The monoisotopic (exact) mass is 262 g/mol. The largest absolute Gasteiger partial charge is 0.377 e. The summed E-state index contributed by atoms with van der Waals surface area (Å²) < 4.78 is 5.73. The van der Waals surface area contributed by atoms with Gasteiger partial charge in [0.15, 0.2) is 0 Å². The van der Waals surface area contributed by atoms with Crippen LogP contribution < -0.4 is 5.73 Å². The van der Waals surface area contributed by atoms with Gasteiger partial charge in [-0.3, -0.25) is 4.90 Å². The first-order valence-electron chi connectivity index (χ1n) is 7.35. The molecule has 1 aromatic rings. The maximum Gasteiger partial charge on any atom is 0.0702 e. The van der Waals surface area contributed by atoms with Crippen LogP contribution in [0.5, 0.6) is 0 Å². The van der Waals surface area contributed by atoms with Gasteiger partial charge in [0.1, 0.15) is 0 Å². The molecule has 1 aliphatic heterocycles. The van der Waals surface area contributed by atoms with E-state index >= 15 is 0 Å². The predicted octanol–water partition coefficient (Wildman–Crippen LogP) is 2.45. The van der Waals surface area contributed by atoms with Gasteiger partial charge in [-0.25, -0.2) is 0 Å². The van der Waals surface area contributed by atoms with Crippen LogP contribution in [0.2, 0.25) is 0 Å². The fraction of sp³-hybridized carbons (Fsp3) is 0.625. The van der Waals surface area contributed by atoms with E-state index in [1.807, 2.05) is 0 Å². The lowest BCUT2D eigenvalue weighted by Gasteiger charge is -2.24. The Morgan fingerprint density at radius 2 is 2.26 bits per heavy atom. The molecule has 1 aromatic carbocycles. The molecule has 106 valence electrons. The molecule has 0 radical (unpaired) electrons. The highest BCUT2D eigenvalue weighted by molar-refractivity contribution is 5.31. The highest BCUT2D eigenvalue weighted by Gasteiger charge is 2.18. The van der Waals surface area contributed by atoms with E-state index in [1.165, 1.54) is 29.5 Å². The second-order valence-corrected chi connectivity index (χ2v) is 5.43. The maximum absolute atomic E-state index is 5.73. The molecule has 1 saturated heterocycles. The summed E-state index contributed by atoms with van der Waals surface area (Å²) in [6, 6.07) is 6.56. The lowest BCUT2D eigenvalue weighted by atomic mass is 10.0. The van der Waals surface area contributed by atoms with Gasteiger partial charge in [-0.15, -0.1) is 0 Å². The Bertz CT molecular complexity index is 400. The molecule has 0 saturated carbocycles. The molecule has 1 aliphatic rings. The van der Waals surface area contributed by atoms with Crippen molar-refractivity contribution >= 4 is 0 Å². The third-order valence-corrected chi connectivity index (χ3v) is 3.97. The molecule has 0 bridgehead atoms. The molecule has 1 atom stereocenters. The van der Waals surface area contributed by atoms with Crippen LogP contribution in [0.1, 0.15) is 36.5 Å². The van der Waals surface area contributed by atoms with Gasteiger partial charge in [-0.1, -0.05) is 25.1 Å². The van der Waals surface area contributed by atoms with Crippen LogP contribution in [0.15, 0.2) is 18.2 Å². The molecule has 2 rings (SSSR count). The molecule has 3 heteroatoms. The Balaban J connectivity index is 1.96. The standard InChI is InChI=1S/C16H26N2O/c1-3-18(12-16-5-4-8-19-16)11-15-7-6-14(10-17)9-13(15)2/h6-7,9,16H,3-5,8,10-12,17H2,1-2H3. The summed E-state index contributed by atoms with van der Waals surface area (Å²) in [5.41, 5.74) is 9.63. The van der Waals surface area contributed by atoms with Crippen molar-refractivity contribution in [3.05, 3.63) is 34.9 Å². The summed E-state index contributed by atoms with van der Waals surface area (Å²) in [5, 5.41) is 0. The van der Waals surface area contributed by atoms with Crippen LogP contribution in [0.4, 0.5) is 0 Å². The zero-order valence-corrected chi connectivity index (χ0v) is 12.2. The van der Waals surface area contributed by atoms with Gasteiger partial charge < -0.3 is 10.5 Å². The van der Waals surface area contributed by atoms with E-state index in [4.69, 9.17) is 10.5 Å². The van der Waals surface area contributed by atoms with E-state index in [9.17, 15) is 0 Å². The second kappa shape index (κ2) is 7.04. The molecule has 19 heavy (non-hydrogen) atoms. The van der Waals surface area contributed by atoms with Crippen molar-refractivity contribution in [1.29, 1.82) is 0 Å². The number of ether oxygens (including phenoxy) is 1. The molecule has 1 heterocycles. The lowest BCUT2D eigenvalue weighted by molar-refractivity contribution is 0.0724. The van der Waals surface area contributed by atoms with Crippen molar-refractivity contribution in [1.82, 2.24) is 4.90 Å². The SMILES string of the molecule is CCN(Cc1ccc(CN)cc1C)CC1CCCO1. The third kappa shape index (κ3) is 4.03. The summed E-state index contributed by atoms with van der Waals surface area (Å²) in [5.74, 6) is 0. The first-order chi connectivity index (χ1) is 9.22. The smallest absolute Gasteiger partial charge is 0.0702 e. The van der Waals surface area contributed by atoms with Crippen molar-refractivity contribution in [2.45, 2.75) is 45.9 Å². The first kappa shape index (κ1) is 14.5. The zero-order chi connectivity index (χ0) is 13.7. The Hall–Kier alpha value is -0.900. The van der Waals surface area contributed by atoms with Crippen LogP contribution in [0.3, 0.4) is 0 Å². The Kier molecular flexibility index (Phi) is 5.37. The van der Waals surface area contributed by atoms with Crippen LogP contribution in [0, 0.1) is 6.92 Å². The van der Waals surface area contributed by atoms with E-state index in [0.717, 1.165) is 26.2 Å². The molecule has 1 unspecified atom stereocenters.